The maximum Gasteiger partial charge on any atom is 0.141 e. The first-order valence-electron chi connectivity index (χ1n) is 6.32. The number of nitrogens with two attached hydrogens (primary N) is 1. The largest absolute Gasteiger partial charge is 0.357 e. The van der Waals surface area contributed by atoms with Crippen LogP contribution in [-0.4, -0.2) is 43.6 Å². The molecule has 0 unspecified atom stereocenters. The molecule has 0 aliphatic heterocycles. The van der Waals surface area contributed by atoms with E-state index < -0.39 is 0 Å². The van der Waals surface area contributed by atoms with Gasteiger partial charge in [0.2, 0.25) is 0 Å². The predicted molar refractivity (Wildman–Crippen MR) is 73.1 cm³/mol. The average molecular weight is 254 g/mol. The lowest BCUT2D eigenvalue weighted by Gasteiger charge is -2.24. The van der Waals surface area contributed by atoms with Crippen molar-refractivity contribution in [3.05, 3.63) is 23.6 Å². The molecule has 1 heterocycles. The Balaban J connectivity index is 2.75. The van der Waals surface area contributed by atoms with E-state index in [2.05, 4.69) is 35.8 Å². The van der Waals surface area contributed by atoms with E-state index in [0.717, 1.165) is 37.4 Å². The third kappa shape index (κ3) is 4.23. The molecule has 5 heteroatoms. The Morgan fingerprint density at radius 3 is 2.61 bits per heavy atom. The molecule has 0 saturated carbocycles. The van der Waals surface area contributed by atoms with Crippen LogP contribution in [0.2, 0.25) is 0 Å². The minimum absolute atomic E-state index is 0.310. The SMILES string of the molecule is CCN(CCCN(C)C)c1ncc(F)cc1CN. The number of halogens is 1. The van der Waals surface area contributed by atoms with Gasteiger partial charge in [-0.3, -0.25) is 0 Å². The normalized spacial score (nSPS) is 11.0. The zero-order chi connectivity index (χ0) is 13.5. The summed E-state index contributed by atoms with van der Waals surface area (Å²) in [4.78, 5) is 8.47. The van der Waals surface area contributed by atoms with Crippen LogP contribution in [0.15, 0.2) is 12.3 Å². The number of hydrogen-bond donors (Lipinski definition) is 1. The van der Waals surface area contributed by atoms with Crippen LogP contribution in [0.25, 0.3) is 0 Å². The van der Waals surface area contributed by atoms with Gasteiger partial charge in [-0.2, -0.15) is 0 Å². The Bertz CT molecular complexity index is 368. The van der Waals surface area contributed by atoms with Crippen molar-refractivity contribution in [2.45, 2.75) is 19.9 Å². The second-order valence-electron chi connectivity index (χ2n) is 4.58. The maximum absolute atomic E-state index is 13.1. The van der Waals surface area contributed by atoms with Crippen LogP contribution in [-0.2, 0) is 6.54 Å². The van der Waals surface area contributed by atoms with Gasteiger partial charge < -0.3 is 15.5 Å². The van der Waals surface area contributed by atoms with E-state index in [1.54, 1.807) is 0 Å². The number of rotatable bonds is 7. The molecule has 0 atom stereocenters. The van der Waals surface area contributed by atoms with Crippen molar-refractivity contribution in [2.75, 3.05) is 38.6 Å². The monoisotopic (exact) mass is 254 g/mol. The minimum Gasteiger partial charge on any atom is -0.357 e. The standard InChI is InChI=1S/C13H23FN4/c1-4-18(7-5-6-17(2)3)13-11(9-15)8-12(14)10-16-13/h8,10H,4-7,9,15H2,1-3H3. The Labute approximate surface area is 109 Å². The maximum atomic E-state index is 13.1. The molecule has 4 nitrogen and oxygen atoms in total. The zero-order valence-corrected chi connectivity index (χ0v) is 11.5. The van der Waals surface area contributed by atoms with Gasteiger partial charge in [-0.25, -0.2) is 9.37 Å². The molecule has 0 aliphatic carbocycles. The van der Waals surface area contributed by atoms with Crippen LogP contribution < -0.4 is 10.6 Å². The summed E-state index contributed by atoms with van der Waals surface area (Å²) in [6, 6.07) is 1.47. The predicted octanol–water partition coefficient (Wildman–Crippen LogP) is 1.46. The summed E-state index contributed by atoms with van der Waals surface area (Å²) in [5.41, 5.74) is 6.41. The van der Waals surface area contributed by atoms with Crippen LogP contribution >= 0.6 is 0 Å². The highest BCUT2D eigenvalue weighted by molar-refractivity contribution is 5.46. The first-order valence-corrected chi connectivity index (χ1v) is 6.32. The summed E-state index contributed by atoms with van der Waals surface area (Å²) < 4.78 is 13.1. The van der Waals surface area contributed by atoms with E-state index in [-0.39, 0.29) is 5.82 Å². The van der Waals surface area contributed by atoms with Crippen molar-refractivity contribution in [2.24, 2.45) is 5.73 Å². The highest BCUT2D eigenvalue weighted by Crippen LogP contribution is 2.18. The molecule has 1 aromatic rings. The molecule has 0 bridgehead atoms. The Morgan fingerprint density at radius 1 is 1.33 bits per heavy atom. The molecule has 0 aromatic carbocycles. The number of pyridine rings is 1. The third-order valence-corrected chi connectivity index (χ3v) is 2.84. The van der Waals surface area contributed by atoms with Gasteiger partial charge in [0.25, 0.3) is 0 Å². The molecular formula is C13H23FN4. The highest BCUT2D eigenvalue weighted by atomic mass is 19.1. The highest BCUT2D eigenvalue weighted by Gasteiger charge is 2.11. The van der Waals surface area contributed by atoms with Crippen LogP contribution in [0.3, 0.4) is 0 Å². The van der Waals surface area contributed by atoms with Crippen LogP contribution in [0.1, 0.15) is 18.9 Å². The van der Waals surface area contributed by atoms with Gasteiger partial charge in [0.15, 0.2) is 0 Å². The van der Waals surface area contributed by atoms with E-state index in [0.29, 0.717) is 6.54 Å². The molecule has 1 aromatic heterocycles. The molecule has 0 fully saturated rings. The number of nitrogens with zero attached hydrogens (tertiary/aromatic N) is 3. The van der Waals surface area contributed by atoms with Gasteiger partial charge in [-0.15, -0.1) is 0 Å². The molecule has 0 saturated heterocycles. The van der Waals surface area contributed by atoms with Crippen molar-refractivity contribution in [1.82, 2.24) is 9.88 Å². The van der Waals surface area contributed by atoms with Gasteiger partial charge in [-0.05, 0) is 40.1 Å². The summed E-state index contributed by atoms with van der Waals surface area (Å²) in [5, 5.41) is 0. The zero-order valence-electron chi connectivity index (χ0n) is 11.5. The van der Waals surface area contributed by atoms with Crippen molar-refractivity contribution in [1.29, 1.82) is 0 Å². The van der Waals surface area contributed by atoms with Gasteiger partial charge in [0, 0.05) is 25.2 Å². The lowest BCUT2D eigenvalue weighted by Crippen LogP contribution is -2.29. The lowest BCUT2D eigenvalue weighted by atomic mass is 10.2. The Hall–Kier alpha value is -1.20. The van der Waals surface area contributed by atoms with Crippen LogP contribution in [0, 0.1) is 5.82 Å². The van der Waals surface area contributed by atoms with E-state index in [4.69, 9.17) is 5.73 Å². The molecule has 102 valence electrons. The van der Waals surface area contributed by atoms with Gasteiger partial charge in [0.1, 0.15) is 11.6 Å². The molecule has 2 N–H and O–H groups in total. The van der Waals surface area contributed by atoms with Crippen LogP contribution in [0.5, 0.6) is 0 Å². The molecule has 0 spiro atoms. The van der Waals surface area contributed by atoms with Crippen molar-refractivity contribution in [3.63, 3.8) is 0 Å². The summed E-state index contributed by atoms with van der Waals surface area (Å²) in [5.74, 6) is 0.476. The molecule has 0 aliphatic rings. The van der Waals surface area contributed by atoms with E-state index in [1.807, 2.05) is 0 Å². The molecular weight excluding hydrogens is 231 g/mol. The first kappa shape index (κ1) is 14.9. The van der Waals surface area contributed by atoms with Crippen molar-refractivity contribution >= 4 is 5.82 Å². The number of anilines is 1. The second-order valence-corrected chi connectivity index (χ2v) is 4.58. The average Bonchev–Trinajstić information content (AvgIpc) is 2.34. The minimum atomic E-state index is -0.330. The number of hydrogen-bond acceptors (Lipinski definition) is 4. The fraction of sp³-hybridized carbons (Fsp3) is 0.615. The van der Waals surface area contributed by atoms with Gasteiger partial charge in [-0.1, -0.05) is 0 Å². The first-order chi connectivity index (χ1) is 8.58. The van der Waals surface area contributed by atoms with Gasteiger partial charge >= 0.3 is 0 Å². The number of aromatic nitrogens is 1. The lowest BCUT2D eigenvalue weighted by molar-refractivity contribution is 0.400. The molecule has 18 heavy (non-hydrogen) atoms. The quantitative estimate of drug-likeness (QED) is 0.800. The van der Waals surface area contributed by atoms with Crippen molar-refractivity contribution in [3.8, 4) is 0 Å². The molecule has 0 radical (unpaired) electrons. The fourth-order valence-corrected chi connectivity index (χ4v) is 1.90. The molecule has 1 rings (SSSR count). The topological polar surface area (TPSA) is 45.4 Å². The summed E-state index contributed by atoms with van der Waals surface area (Å²) >= 11 is 0. The van der Waals surface area contributed by atoms with Gasteiger partial charge in [0.05, 0.1) is 6.20 Å². The Morgan fingerprint density at radius 2 is 2.06 bits per heavy atom. The smallest absolute Gasteiger partial charge is 0.141 e. The van der Waals surface area contributed by atoms with E-state index in [1.165, 1.54) is 12.3 Å². The fourth-order valence-electron chi connectivity index (χ4n) is 1.90. The summed E-state index contributed by atoms with van der Waals surface area (Å²) in [6.07, 6.45) is 2.30. The second kappa shape index (κ2) is 7.28. The summed E-state index contributed by atoms with van der Waals surface area (Å²) in [6.45, 7) is 5.15. The summed E-state index contributed by atoms with van der Waals surface area (Å²) in [7, 11) is 4.11. The van der Waals surface area contributed by atoms with Crippen LogP contribution in [0.4, 0.5) is 10.2 Å². The van der Waals surface area contributed by atoms with Crippen molar-refractivity contribution < 1.29 is 4.39 Å². The molecule has 0 amide bonds. The third-order valence-electron chi connectivity index (χ3n) is 2.84. The van der Waals surface area contributed by atoms with E-state index in [9.17, 15) is 4.39 Å². The van der Waals surface area contributed by atoms with E-state index >= 15 is 0 Å². The Kier molecular flexibility index (Phi) is 6.01.